The summed E-state index contributed by atoms with van der Waals surface area (Å²) in [6.45, 7) is 3.94. The summed E-state index contributed by atoms with van der Waals surface area (Å²) < 4.78 is 38.3. The maximum Gasteiger partial charge on any atom is 0.352 e. The number of hydrogen-bond acceptors (Lipinski definition) is 14. The number of methoxy groups -OCH3 is 1. The first kappa shape index (κ1) is 42.5. The lowest BCUT2D eigenvalue weighted by Gasteiger charge is -2.18. The van der Waals surface area contributed by atoms with Gasteiger partial charge in [-0.05, 0) is 42.9 Å². The molecule has 1 saturated heterocycles. The summed E-state index contributed by atoms with van der Waals surface area (Å²) in [7, 11) is -0.458. The normalized spacial score (nSPS) is 16.6. The van der Waals surface area contributed by atoms with Crippen molar-refractivity contribution in [2.45, 2.75) is 87.7 Å². The molecule has 0 saturated carbocycles. The fourth-order valence-corrected chi connectivity index (χ4v) is 8.04. The predicted molar refractivity (Wildman–Crippen MR) is 187 cm³/mol. The molecule has 1 aliphatic heterocycles. The van der Waals surface area contributed by atoms with Gasteiger partial charge < -0.3 is 30.5 Å². The van der Waals surface area contributed by atoms with E-state index in [1.807, 2.05) is 6.92 Å². The number of rotatable bonds is 23. The first-order chi connectivity index (χ1) is 23.6. The number of hydroxylamine groups is 2. The van der Waals surface area contributed by atoms with Crippen LogP contribution in [0, 0.1) is 0 Å². The van der Waals surface area contributed by atoms with Crippen molar-refractivity contribution in [2.24, 2.45) is 10.7 Å². The van der Waals surface area contributed by atoms with Crippen LogP contribution in [0.2, 0.25) is 0 Å². The average molecular weight is 759 g/mol. The number of hydrogen-bond donors (Lipinski definition) is 3. The molecule has 1 heterocycles. The zero-order chi connectivity index (χ0) is 37.3. The molecule has 1 aliphatic rings. The molecular formula is C31H44N5O11S3-. The van der Waals surface area contributed by atoms with Crippen LogP contribution in [0.4, 0.5) is 0 Å². The summed E-state index contributed by atoms with van der Waals surface area (Å²) in [5, 5.41) is 3.21. The van der Waals surface area contributed by atoms with Crippen molar-refractivity contribution in [1.82, 2.24) is 15.7 Å². The average Bonchev–Trinajstić information content (AvgIpc) is 3.35. The van der Waals surface area contributed by atoms with Gasteiger partial charge in [0.1, 0.15) is 28.0 Å². The number of amides is 5. The second-order valence-corrected chi connectivity index (χ2v) is 16.0. The van der Waals surface area contributed by atoms with Gasteiger partial charge in [0.15, 0.2) is 6.40 Å². The number of carbonyl (C=O) groups excluding carboxylic acids is 6. The molecule has 278 valence electrons. The number of nitrogens with two attached hydrogens (primary N) is 1. The van der Waals surface area contributed by atoms with Gasteiger partial charge in [0, 0.05) is 29.5 Å². The minimum atomic E-state index is -5.11. The van der Waals surface area contributed by atoms with E-state index in [1.165, 1.54) is 13.5 Å². The number of benzene rings is 1. The molecule has 4 N–H and O–H groups in total. The zero-order valence-corrected chi connectivity index (χ0v) is 30.6. The largest absolute Gasteiger partial charge is 0.747 e. The van der Waals surface area contributed by atoms with E-state index in [0.29, 0.717) is 18.7 Å². The predicted octanol–water partition coefficient (Wildman–Crippen LogP) is 1.80. The van der Waals surface area contributed by atoms with E-state index >= 15 is 0 Å². The Balaban J connectivity index is 1.74. The van der Waals surface area contributed by atoms with Crippen molar-refractivity contribution in [3.05, 3.63) is 35.4 Å². The highest BCUT2D eigenvalue weighted by molar-refractivity contribution is 8.76. The lowest BCUT2D eigenvalue weighted by molar-refractivity contribution is -0.196. The Morgan fingerprint density at radius 2 is 1.74 bits per heavy atom. The van der Waals surface area contributed by atoms with E-state index < -0.39 is 58.1 Å². The zero-order valence-electron chi connectivity index (χ0n) is 28.2. The minimum absolute atomic E-state index is 0.0729. The van der Waals surface area contributed by atoms with Crippen LogP contribution in [0.25, 0.3) is 0 Å². The number of carbonyl (C=O) groups is 6. The number of primary amides is 1. The molecule has 4 unspecified atom stereocenters. The number of imide groups is 1. The molecule has 4 atom stereocenters. The number of unbranched alkanes of at least 4 members (excludes halogenated alkanes) is 4. The third-order valence-electron chi connectivity index (χ3n) is 7.43. The number of ether oxygens (including phenoxy) is 1. The molecule has 5 amide bonds. The third-order valence-corrected chi connectivity index (χ3v) is 11.4. The first-order valence-corrected chi connectivity index (χ1v) is 19.8. The fraction of sp³-hybridized carbons (Fsp3) is 0.581. The van der Waals surface area contributed by atoms with Gasteiger partial charge >= 0.3 is 5.97 Å². The highest BCUT2D eigenvalue weighted by atomic mass is 33.1. The van der Waals surface area contributed by atoms with Gasteiger partial charge in [-0.25, -0.2) is 18.2 Å². The molecule has 1 aromatic rings. The molecule has 19 heteroatoms. The van der Waals surface area contributed by atoms with E-state index in [9.17, 15) is 41.7 Å². The fourth-order valence-electron chi connectivity index (χ4n) is 4.75. The SMILES string of the molecule is COC=NC(CSSC(C)CC(C)c1ccc(C(=O)NCC(=O)ON2C(=O)CC(S(=O)(=O)[O-])C2=O)cc1)C(=O)NCCCCCCCC(N)=O. The van der Waals surface area contributed by atoms with Crippen LogP contribution < -0.4 is 16.4 Å². The van der Waals surface area contributed by atoms with Crippen molar-refractivity contribution >= 4 is 73.6 Å². The molecule has 0 bridgehead atoms. The van der Waals surface area contributed by atoms with Gasteiger partial charge in [-0.3, -0.25) is 24.0 Å². The highest BCUT2D eigenvalue weighted by Gasteiger charge is 2.45. The molecule has 1 fully saturated rings. The van der Waals surface area contributed by atoms with Crippen LogP contribution in [0.1, 0.15) is 87.1 Å². The highest BCUT2D eigenvalue weighted by Crippen LogP contribution is 2.34. The molecule has 0 aromatic heterocycles. The summed E-state index contributed by atoms with van der Waals surface area (Å²) in [6.07, 6.45) is 5.96. The Bertz CT molecular complexity index is 1470. The van der Waals surface area contributed by atoms with Gasteiger partial charge in [0.25, 0.3) is 17.7 Å². The van der Waals surface area contributed by atoms with Crippen LogP contribution in [0.5, 0.6) is 0 Å². The summed E-state index contributed by atoms with van der Waals surface area (Å²) in [5.74, 6) is -4.35. The van der Waals surface area contributed by atoms with E-state index in [2.05, 4.69) is 27.4 Å². The number of nitrogens with zero attached hydrogens (tertiary/aromatic N) is 2. The minimum Gasteiger partial charge on any atom is -0.747 e. The molecule has 0 aliphatic carbocycles. The smallest absolute Gasteiger partial charge is 0.352 e. The van der Waals surface area contributed by atoms with Crippen LogP contribution in [-0.2, 0) is 43.7 Å². The molecule has 1 aromatic carbocycles. The Labute approximate surface area is 299 Å². The number of nitrogens with one attached hydrogen (secondary N) is 2. The van der Waals surface area contributed by atoms with Crippen LogP contribution >= 0.6 is 21.6 Å². The lowest BCUT2D eigenvalue weighted by Crippen LogP contribution is -2.40. The topological polar surface area (TPSA) is 244 Å². The van der Waals surface area contributed by atoms with Gasteiger partial charge in [-0.15, -0.1) is 5.06 Å². The van der Waals surface area contributed by atoms with E-state index in [1.54, 1.807) is 45.9 Å². The Hall–Kier alpha value is -3.68. The van der Waals surface area contributed by atoms with Crippen LogP contribution in [0.3, 0.4) is 0 Å². The molecular weight excluding hydrogens is 715 g/mol. The van der Waals surface area contributed by atoms with E-state index in [-0.39, 0.29) is 33.6 Å². The Morgan fingerprint density at radius 3 is 2.36 bits per heavy atom. The van der Waals surface area contributed by atoms with Gasteiger partial charge in [0.05, 0.1) is 13.5 Å². The quantitative estimate of drug-likeness (QED) is 0.0361. The standard InChI is InChI=1S/C31H45N5O11S3/c1-20(15-21(2)49-48-18-24(35-19-46-3)30(41)33-14-8-6-4-5-7-9-26(32)37)22-10-12-23(13-11-22)29(40)34-17-28(39)47-36-27(38)16-25(31(36)42)50(43,44)45/h10-13,19-21,24-25H,4-9,14-18H2,1-3H3,(H2,32,37)(H,33,41)(H,34,40)(H,43,44,45)/p-1. The monoisotopic (exact) mass is 758 g/mol. The molecule has 2 rings (SSSR count). The molecule has 16 nitrogen and oxygen atoms in total. The van der Waals surface area contributed by atoms with Gasteiger partial charge in [0.2, 0.25) is 11.8 Å². The van der Waals surface area contributed by atoms with Crippen LogP contribution in [0.15, 0.2) is 29.3 Å². The Morgan fingerprint density at radius 1 is 1.08 bits per heavy atom. The van der Waals surface area contributed by atoms with Crippen molar-refractivity contribution < 1.29 is 51.3 Å². The van der Waals surface area contributed by atoms with Gasteiger partial charge in [-0.1, -0.05) is 66.8 Å². The second kappa shape index (κ2) is 21.5. The van der Waals surface area contributed by atoms with Gasteiger partial charge in [-0.2, -0.15) is 0 Å². The van der Waals surface area contributed by atoms with Crippen molar-refractivity contribution in [2.75, 3.05) is 26.0 Å². The summed E-state index contributed by atoms with van der Waals surface area (Å²) >= 11 is 0. The van der Waals surface area contributed by atoms with Crippen LogP contribution in [-0.4, -0.2) is 102 Å². The van der Waals surface area contributed by atoms with Crippen molar-refractivity contribution in [3.63, 3.8) is 0 Å². The third kappa shape index (κ3) is 15.1. The maximum absolute atomic E-state index is 12.7. The maximum atomic E-state index is 12.7. The molecule has 0 radical (unpaired) electrons. The second-order valence-electron chi connectivity index (χ2n) is 11.6. The number of aliphatic imine (C=N–C) groups is 1. The molecule has 50 heavy (non-hydrogen) atoms. The molecule has 0 spiro atoms. The summed E-state index contributed by atoms with van der Waals surface area (Å²) in [5.41, 5.74) is 6.35. The van der Waals surface area contributed by atoms with Crippen molar-refractivity contribution in [1.29, 1.82) is 0 Å². The van der Waals surface area contributed by atoms with E-state index in [0.717, 1.165) is 44.1 Å². The summed E-state index contributed by atoms with van der Waals surface area (Å²) in [4.78, 5) is 80.7. The Kier molecular flexibility index (Phi) is 18.3. The first-order valence-electron chi connectivity index (χ1n) is 15.9. The van der Waals surface area contributed by atoms with E-state index in [4.69, 9.17) is 10.5 Å². The van der Waals surface area contributed by atoms with Crippen molar-refractivity contribution in [3.8, 4) is 0 Å². The summed E-state index contributed by atoms with van der Waals surface area (Å²) in [6, 6.07) is 6.13. The lowest BCUT2D eigenvalue weighted by atomic mass is 9.95.